The highest BCUT2D eigenvalue weighted by Gasteiger charge is 2.60. The predicted molar refractivity (Wildman–Crippen MR) is 99.5 cm³/mol. The molecular weight excluding hydrogens is 366 g/mol. The van der Waals surface area contributed by atoms with Gasteiger partial charge in [0.2, 0.25) is 11.3 Å². The summed E-state index contributed by atoms with van der Waals surface area (Å²) >= 11 is 0. The minimum absolute atomic E-state index is 0.0567. The number of benzene rings is 1. The number of amides is 1. The van der Waals surface area contributed by atoms with Crippen LogP contribution in [0.4, 0.5) is 4.79 Å². The van der Waals surface area contributed by atoms with E-state index in [4.69, 9.17) is 14.2 Å². The summed E-state index contributed by atoms with van der Waals surface area (Å²) in [6.07, 6.45) is -1.46. The zero-order chi connectivity index (χ0) is 21.5. The fourth-order valence-corrected chi connectivity index (χ4v) is 2.87. The number of ketones is 1. The number of hydrogen-bond donors (Lipinski definition) is 1. The summed E-state index contributed by atoms with van der Waals surface area (Å²) in [7, 11) is 1.45. The number of carbonyl (C=O) groups is 3. The summed E-state index contributed by atoms with van der Waals surface area (Å²) in [5, 5.41) is 10.7. The second kappa shape index (κ2) is 7.09. The molecular formula is C20H27NO7. The summed E-state index contributed by atoms with van der Waals surface area (Å²) in [6, 6.07) is 4.71. The smallest absolute Gasteiger partial charge is 0.435 e. The molecule has 2 rings (SSSR count). The average molecular weight is 393 g/mol. The van der Waals surface area contributed by atoms with Crippen molar-refractivity contribution in [2.24, 2.45) is 0 Å². The lowest BCUT2D eigenvalue weighted by Gasteiger charge is -2.35. The molecule has 1 atom stereocenters. The normalized spacial score (nSPS) is 19.1. The number of carbonyl (C=O) groups excluding carboxylic acids is 3. The monoisotopic (exact) mass is 393 g/mol. The maximum Gasteiger partial charge on any atom is 0.435 e. The molecule has 0 bridgehead atoms. The van der Waals surface area contributed by atoms with Crippen LogP contribution in [-0.2, 0) is 20.7 Å². The number of methoxy groups -OCH3 is 1. The van der Waals surface area contributed by atoms with Crippen LogP contribution >= 0.6 is 0 Å². The Labute approximate surface area is 164 Å². The van der Waals surface area contributed by atoms with E-state index >= 15 is 0 Å². The van der Waals surface area contributed by atoms with Crippen LogP contribution in [0.25, 0.3) is 0 Å². The Morgan fingerprint density at radius 2 is 1.64 bits per heavy atom. The first-order valence-corrected chi connectivity index (χ1v) is 8.88. The van der Waals surface area contributed by atoms with Gasteiger partial charge in [-0.3, -0.25) is 10.0 Å². The van der Waals surface area contributed by atoms with E-state index in [1.807, 2.05) is 0 Å². The van der Waals surface area contributed by atoms with E-state index in [2.05, 4.69) is 0 Å². The number of esters is 1. The summed E-state index contributed by atoms with van der Waals surface area (Å²) in [6.45, 7) is 9.70. The van der Waals surface area contributed by atoms with E-state index in [0.717, 1.165) is 0 Å². The van der Waals surface area contributed by atoms with Gasteiger partial charge < -0.3 is 14.2 Å². The summed E-state index contributed by atoms with van der Waals surface area (Å²) < 4.78 is 15.7. The molecule has 1 aromatic carbocycles. The molecule has 0 aromatic heterocycles. The highest BCUT2D eigenvalue weighted by molar-refractivity contribution is 6.21. The Bertz CT molecular complexity index is 804. The van der Waals surface area contributed by atoms with Crippen LogP contribution < -0.4 is 4.74 Å². The fourth-order valence-electron chi connectivity index (χ4n) is 2.87. The molecule has 1 N–H and O–H groups in total. The van der Waals surface area contributed by atoms with E-state index in [0.29, 0.717) is 11.3 Å². The Hall–Kier alpha value is -2.61. The molecule has 28 heavy (non-hydrogen) atoms. The van der Waals surface area contributed by atoms with E-state index < -0.39 is 34.6 Å². The van der Waals surface area contributed by atoms with Crippen molar-refractivity contribution in [2.45, 2.75) is 64.7 Å². The van der Waals surface area contributed by atoms with Gasteiger partial charge in [0.15, 0.2) is 0 Å². The zero-order valence-electron chi connectivity index (χ0n) is 17.3. The largest absolute Gasteiger partial charge is 0.497 e. The van der Waals surface area contributed by atoms with Crippen LogP contribution in [0.15, 0.2) is 18.2 Å². The Morgan fingerprint density at radius 3 is 2.14 bits per heavy atom. The number of rotatable bonds is 3. The molecule has 1 amide bonds. The molecule has 1 aliphatic rings. The molecule has 0 radical (unpaired) electrons. The average Bonchev–Trinajstić information content (AvgIpc) is 2.84. The van der Waals surface area contributed by atoms with Gasteiger partial charge in [0.05, 0.1) is 7.11 Å². The van der Waals surface area contributed by atoms with Crippen molar-refractivity contribution < 1.29 is 33.8 Å². The molecule has 0 saturated heterocycles. The second-order valence-corrected chi connectivity index (χ2v) is 8.68. The number of Topliss-reactive ketones (excluding diaryl/α,β-unsaturated/α-hetero) is 1. The molecule has 0 heterocycles. The topological polar surface area (TPSA) is 102 Å². The van der Waals surface area contributed by atoms with Gasteiger partial charge in [-0.25, -0.2) is 9.59 Å². The van der Waals surface area contributed by atoms with Gasteiger partial charge in [-0.1, -0.05) is 6.07 Å². The Balaban J connectivity index is 2.54. The van der Waals surface area contributed by atoms with Crippen molar-refractivity contribution in [1.82, 2.24) is 5.06 Å². The lowest BCUT2D eigenvalue weighted by molar-refractivity contribution is -0.190. The highest BCUT2D eigenvalue weighted by atomic mass is 16.6. The van der Waals surface area contributed by atoms with Gasteiger partial charge in [0.1, 0.15) is 17.0 Å². The molecule has 0 fully saturated rings. The number of nitrogens with zero attached hydrogens (tertiary/aromatic N) is 1. The predicted octanol–water partition coefficient (Wildman–Crippen LogP) is 3.14. The van der Waals surface area contributed by atoms with Gasteiger partial charge in [0, 0.05) is 12.0 Å². The molecule has 1 unspecified atom stereocenters. The molecule has 1 aliphatic carbocycles. The molecule has 0 saturated carbocycles. The van der Waals surface area contributed by atoms with Crippen molar-refractivity contribution in [2.75, 3.05) is 7.11 Å². The first kappa shape index (κ1) is 21.7. The number of fused-ring (bicyclic) bond motifs is 1. The van der Waals surface area contributed by atoms with Gasteiger partial charge in [0.25, 0.3) is 0 Å². The quantitative estimate of drug-likeness (QED) is 0.364. The highest BCUT2D eigenvalue weighted by Crippen LogP contribution is 2.38. The van der Waals surface area contributed by atoms with Crippen molar-refractivity contribution in [3.05, 3.63) is 29.3 Å². The van der Waals surface area contributed by atoms with E-state index in [-0.39, 0.29) is 17.0 Å². The van der Waals surface area contributed by atoms with E-state index in [1.165, 1.54) is 13.2 Å². The van der Waals surface area contributed by atoms with Gasteiger partial charge in [-0.15, -0.1) is 0 Å². The SMILES string of the molecule is COc1ccc2c(c1)C(=O)C(C(=O)OC(C)(C)C)(N(O)C(=O)OC(C)(C)C)C2. The van der Waals surface area contributed by atoms with Crippen LogP contribution in [0.2, 0.25) is 0 Å². The van der Waals surface area contributed by atoms with Gasteiger partial charge in [-0.2, -0.15) is 5.06 Å². The van der Waals surface area contributed by atoms with Crippen LogP contribution in [0.5, 0.6) is 5.75 Å². The lowest BCUT2D eigenvalue weighted by Crippen LogP contribution is -2.62. The maximum absolute atomic E-state index is 13.3. The van der Waals surface area contributed by atoms with Gasteiger partial charge in [-0.05, 0) is 59.2 Å². The Kier molecular flexibility index (Phi) is 5.49. The molecule has 8 heteroatoms. The minimum Gasteiger partial charge on any atom is -0.497 e. The van der Waals surface area contributed by atoms with Crippen molar-refractivity contribution in [3.63, 3.8) is 0 Å². The van der Waals surface area contributed by atoms with Gasteiger partial charge >= 0.3 is 12.1 Å². The summed E-state index contributed by atoms with van der Waals surface area (Å²) in [4.78, 5) is 38.8. The van der Waals surface area contributed by atoms with Crippen molar-refractivity contribution in [1.29, 1.82) is 0 Å². The maximum atomic E-state index is 13.3. The second-order valence-electron chi connectivity index (χ2n) is 8.68. The molecule has 0 aliphatic heterocycles. The third kappa shape index (κ3) is 4.11. The van der Waals surface area contributed by atoms with Crippen LogP contribution in [-0.4, -0.2) is 52.0 Å². The number of hydroxylamine groups is 2. The standard InChI is InChI=1S/C20H27NO7/c1-18(2,3)27-16(23)20(21(25)17(24)28-19(4,5)6)11-12-8-9-13(26-7)10-14(12)15(20)22/h8-10,25H,11H2,1-7H3. The summed E-state index contributed by atoms with van der Waals surface area (Å²) in [5.74, 6) is -1.38. The molecule has 154 valence electrons. The third-order valence-corrected chi connectivity index (χ3v) is 4.05. The third-order valence-electron chi connectivity index (χ3n) is 4.05. The van der Waals surface area contributed by atoms with Crippen molar-refractivity contribution in [3.8, 4) is 5.75 Å². The molecule has 0 spiro atoms. The van der Waals surface area contributed by atoms with E-state index in [1.54, 1.807) is 53.7 Å². The van der Waals surface area contributed by atoms with Crippen molar-refractivity contribution >= 4 is 17.8 Å². The first-order chi connectivity index (χ1) is 12.7. The fraction of sp³-hybridized carbons (Fsp3) is 0.550. The van der Waals surface area contributed by atoms with Crippen LogP contribution in [0.3, 0.4) is 0 Å². The molecule has 8 nitrogen and oxygen atoms in total. The zero-order valence-corrected chi connectivity index (χ0v) is 17.3. The first-order valence-electron chi connectivity index (χ1n) is 8.88. The Morgan fingerprint density at radius 1 is 1.07 bits per heavy atom. The van der Waals surface area contributed by atoms with Crippen LogP contribution in [0, 0.1) is 0 Å². The number of ether oxygens (including phenoxy) is 3. The minimum atomic E-state index is -2.27. The van der Waals surface area contributed by atoms with Crippen LogP contribution in [0.1, 0.15) is 57.5 Å². The summed E-state index contributed by atoms with van der Waals surface area (Å²) in [5.41, 5.74) is -3.49. The lowest BCUT2D eigenvalue weighted by atomic mass is 9.93. The number of hydrogen-bond acceptors (Lipinski definition) is 7. The van der Waals surface area contributed by atoms with E-state index in [9.17, 15) is 19.6 Å². The molecule has 1 aromatic rings.